The number of unbranched alkanes of at least 4 members (excludes halogenated alkanes) is 6. The molecule has 0 aliphatic carbocycles. The van der Waals surface area contributed by atoms with Crippen molar-refractivity contribution >= 4 is 40.4 Å². The van der Waals surface area contributed by atoms with E-state index >= 15 is 0 Å². The maximum Gasteiger partial charge on any atom is 0.330 e. The molecule has 0 N–H and O–H groups in total. The zero-order valence-electron chi connectivity index (χ0n) is 27.0. The summed E-state index contributed by atoms with van der Waals surface area (Å²) in [4.78, 5) is 24.3. The molecule has 0 atom stereocenters. The molecule has 3 aromatic rings. The Kier molecular flexibility index (Phi) is 16.2. The first-order valence-corrected chi connectivity index (χ1v) is 15.9. The first-order valence-electron chi connectivity index (χ1n) is 15.9. The van der Waals surface area contributed by atoms with Crippen LogP contribution in [0, 0.1) is 0 Å². The van der Waals surface area contributed by atoms with Crippen molar-refractivity contribution < 1.29 is 23.8 Å². The van der Waals surface area contributed by atoms with Crippen molar-refractivity contribution in [1.29, 1.82) is 0 Å². The number of carbonyl (C=O) groups excluding carboxylic acids is 2. The van der Waals surface area contributed by atoms with E-state index in [1.165, 1.54) is 19.3 Å². The molecule has 0 aliphatic rings. The van der Waals surface area contributed by atoms with Crippen molar-refractivity contribution in [2.24, 2.45) is 20.5 Å². The van der Waals surface area contributed by atoms with Crippen LogP contribution in [0.15, 0.2) is 106 Å². The summed E-state index contributed by atoms with van der Waals surface area (Å²) in [5.41, 5.74) is 3.86. The molecule has 3 aromatic carbocycles. The average molecular weight is 628 g/mol. The third-order valence-corrected chi connectivity index (χ3v) is 6.99. The third-order valence-electron chi connectivity index (χ3n) is 6.99. The second-order valence-corrected chi connectivity index (χ2v) is 10.6. The van der Waals surface area contributed by atoms with Crippen LogP contribution in [-0.2, 0) is 19.1 Å². The van der Waals surface area contributed by atoms with Gasteiger partial charge in [0.15, 0.2) is 0 Å². The normalized spacial score (nSPS) is 11.1. The van der Waals surface area contributed by atoms with E-state index in [4.69, 9.17) is 14.2 Å². The maximum absolute atomic E-state index is 11.2. The van der Waals surface area contributed by atoms with E-state index in [0.29, 0.717) is 37.6 Å². The Balaban J connectivity index is 1.31. The molecule has 0 fully saturated rings. The number of rotatable bonds is 21. The van der Waals surface area contributed by atoms with E-state index in [2.05, 4.69) is 27.0 Å². The van der Waals surface area contributed by atoms with Crippen LogP contribution in [0.1, 0.15) is 58.3 Å². The molecule has 3 rings (SSSR count). The minimum Gasteiger partial charge on any atom is -0.494 e. The molecule has 0 unspecified atom stereocenters. The van der Waals surface area contributed by atoms with Crippen molar-refractivity contribution in [3.63, 3.8) is 0 Å². The van der Waals surface area contributed by atoms with Gasteiger partial charge in [-0.15, -0.1) is 0 Å². The van der Waals surface area contributed by atoms with Gasteiger partial charge in [0.1, 0.15) is 12.4 Å². The van der Waals surface area contributed by atoms with Gasteiger partial charge in [0.25, 0.3) is 0 Å². The van der Waals surface area contributed by atoms with Gasteiger partial charge >= 0.3 is 11.9 Å². The predicted octanol–water partition coefficient (Wildman–Crippen LogP) is 9.75. The Morgan fingerprint density at radius 3 is 1.61 bits per heavy atom. The summed E-state index contributed by atoms with van der Waals surface area (Å²) in [6.07, 6.45) is 9.37. The number of hydrogen-bond donors (Lipinski definition) is 0. The lowest BCUT2D eigenvalue weighted by atomic mass is 10.1. The highest BCUT2D eigenvalue weighted by Crippen LogP contribution is 2.25. The van der Waals surface area contributed by atoms with Gasteiger partial charge in [0, 0.05) is 25.2 Å². The summed E-state index contributed by atoms with van der Waals surface area (Å²) in [5.74, 6) is 0.280. The summed E-state index contributed by atoms with van der Waals surface area (Å²) < 4.78 is 16.0. The Labute approximate surface area is 272 Å². The SMILES string of the molecule is C=CC(=O)OCCN(C)c1ccc(N=Nc2ccc(N=Nc3ccc(OCCCCCCCCCOC(=O)CC)cc3)cc2)cc1. The Hall–Kier alpha value is -4.86. The first kappa shape index (κ1) is 35.6. The largest absolute Gasteiger partial charge is 0.494 e. The van der Waals surface area contributed by atoms with Gasteiger partial charge in [-0.25, -0.2) is 4.79 Å². The molecule has 0 bridgehead atoms. The molecule has 10 nitrogen and oxygen atoms in total. The third kappa shape index (κ3) is 14.3. The van der Waals surface area contributed by atoms with E-state index < -0.39 is 5.97 Å². The van der Waals surface area contributed by atoms with Crippen molar-refractivity contribution in [3.05, 3.63) is 85.5 Å². The standard InChI is InChI=1S/C36H45N5O5/c1-4-35(42)45-27-12-10-8-6-7-9-11-26-44-34-23-19-32(20-24-34)40-38-30-15-13-29(14-16-30)37-39-31-17-21-33(22-18-31)41(3)25-28-46-36(43)5-2/h5,13-24H,2,4,6-12,25-28H2,1,3H3. The zero-order chi connectivity index (χ0) is 32.8. The van der Waals surface area contributed by atoms with Gasteiger partial charge in [0.2, 0.25) is 0 Å². The zero-order valence-corrected chi connectivity index (χ0v) is 27.0. The fourth-order valence-electron chi connectivity index (χ4n) is 4.24. The molecule has 0 aromatic heterocycles. The summed E-state index contributed by atoms with van der Waals surface area (Å²) >= 11 is 0. The number of azo groups is 2. The van der Waals surface area contributed by atoms with Crippen molar-refractivity contribution in [2.75, 3.05) is 38.3 Å². The number of anilines is 1. The smallest absolute Gasteiger partial charge is 0.330 e. The molecule has 0 aliphatic heterocycles. The Morgan fingerprint density at radius 2 is 1.11 bits per heavy atom. The number of esters is 2. The molecule has 0 amide bonds. The first-order chi connectivity index (χ1) is 22.5. The number of benzene rings is 3. The topological polar surface area (TPSA) is 115 Å². The molecule has 0 saturated heterocycles. The van der Waals surface area contributed by atoms with Crippen LogP contribution in [-0.4, -0.2) is 45.4 Å². The number of hydrogen-bond acceptors (Lipinski definition) is 10. The van der Waals surface area contributed by atoms with Gasteiger partial charge < -0.3 is 19.1 Å². The Morgan fingerprint density at radius 1 is 0.652 bits per heavy atom. The minimum absolute atomic E-state index is 0.115. The number of carbonyl (C=O) groups is 2. The molecule has 0 radical (unpaired) electrons. The van der Waals surface area contributed by atoms with Crippen LogP contribution in [0.2, 0.25) is 0 Å². The van der Waals surface area contributed by atoms with Crippen molar-refractivity contribution in [3.8, 4) is 5.75 Å². The lowest BCUT2D eigenvalue weighted by Crippen LogP contribution is -2.23. The van der Waals surface area contributed by atoms with Gasteiger partial charge in [-0.05, 0) is 85.6 Å². The molecule has 46 heavy (non-hydrogen) atoms. The van der Waals surface area contributed by atoms with Gasteiger partial charge in [0.05, 0.1) is 42.5 Å². The van der Waals surface area contributed by atoms with E-state index in [1.54, 1.807) is 0 Å². The van der Waals surface area contributed by atoms with E-state index in [0.717, 1.165) is 54.6 Å². The summed E-state index contributed by atoms with van der Waals surface area (Å²) in [5, 5.41) is 17.3. The molecular formula is C36H45N5O5. The predicted molar refractivity (Wildman–Crippen MR) is 181 cm³/mol. The maximum atomic E-state index is 11.2. The highest BCUT2D eigenvalue weighted by Gasteiger charge is 2.03. The molecule has 0 spiro atoms. The average Bonchev–Trinajstić information content (AvgIpc) is 3.09. The van der Waals surface area contributed by atoms with Crippen LogP contribution < -0.4 is 9.64 Å². The van der Waals surface area contributed by atoms with Crippen LogP contribution in [0.25, 0.3) is 0 Å². The van der Waals surface area contributed by atoms with Crippen LogP contribution in [0.3, 0.4) is 0 Å². The van der Waals surface area contributed by atoms with Gasteiger partial charge in [-0.1, -0.05) is 45.6 Å². The summed E-state index contributed by atoms with van der Waals surface area (Å²) in [7, 11) is 1.92. The quantitative estimate of drug-likeness (QED) is 0.0503. The molecule has 244 valence electrons. The van der Waals surface area contributed by atoms with Crippen LogP contribution in [0.5, 0.6) is 5.75 Å². The van der Waals surface area contributed by atoms with Gasteiger partial charge in [-0.3, -0.25) is 4.79 Å². The highest BCUT2D eigenvalue weighted by atomic mass is 16.5. The number of nitrogens with zero attached hydrogens (tertiary/aromatic N) is 5. The van der Waals surface area contributed by atoms with Crippen molar-refractivity contribution in [2.45, 2.75) is 58.3 Å². The second-order valence-electron chi connectivity index (χ2n) is 10.6. The molecule has 10 heteroatoms. The van der Waals surface area contributed by atoms with E-state index in [-0.39, 0.29) is 12.6 Å². The fourth-order valence-corrected chi connectivity index (χ4v) is 4.24. The highest BCUT2D eigenvalue weighted by molar-refractivity contribution is 5.81. The number of likely N-dealkylation sites (N-methyl/N-ethyl adjacent to an activating group) is 1. The lowest BCUT2D eigenvalue weighted by Gasteiger charge is -2.18. The summed E-state index contributed by atoms with van der Waals surface area (Å²) in [6.45, 7) is 7.28. The molecule has 0 heterocycles. The van der Waals surface area contributed by atoms with E-state index in [1.807, 2.05) is 91.7 Å². The van der Waals surface area contributed by atoms with Gasteiger partial charge in [-0.2, -0.15) is 20.5 Å². The van der Waals surface area contributed by atoms with Crippen LogP contribution >= 0.6 is 0 Å². The lowest BCUT2D eigenvalue weighted by molar-refractivity contribution is -0.143. The monoisotopic (exact) mass is 627 g/mol. The van der Waals surface area contributed by atoms with E-state index in [9.17, 15) is 9.59 Å². The molecular weight excluding hydrogens is 582 g/mol. The molecule has 0 saturated carbocycles. The summed E-state index contributed by atoms with van der Waals surface area (Å²) in [6, 6.07) is 22.6. The number of ether oxygens (including phenoxy) is 3. The second kappa shape index (κ2) is 21.0. The Bertz CT molecular complexity index is 1390. The fraction of sp³-hybridized carbons (Fsp3) is 0.389. The minimum atomic E-state index is -0.427. The van der Waals surface area contributed by atoms with Crippen molar-refractivity contribution in [1.82, 2.24) is 0 Å². The van der Waals surface area contributed by atoms with Crippen LogP contribution in [0.4, 0.5) is 28.4 Å².